The van der Waals surface area contributed by atoms with Crippen LogP contribution in [-0.4, -0.2) is 15.3 Å². The van der Waals surface area contributed by atoms with Gasteiger partial charge >= 0.3 is 0 Å². The predicted molar refractivity (Wildman–Crippen MR) is 127 cm³/mol. The zero-order valence-electron chi connectivity index (χ0n) is 18.2. The first-order chi connectivity index (χ1) is 15.3. The van der Waals surface area contributed by atoms with E-state index in [2.05, 4.69) is 0 Å². The highest BCUT2D eigenvalue weighted by atomic mass is 16.5. The maximum Gasteiger partial charge on any atom is 0.130 e. The number of benzene rings is 4. The Kier molecular flexibility index (Phi) is 5.65. The van der Waals surface area contributed by atoms with Crippen LogP contribution in [0.2, 0.25) is 0 Å². The van der Waals surface area contributed by atoms with Crippen LogP contribution in [0.3, 0.4) is 0 Å². The molecular weight excluding hydrogens is 402 g/mol. The molecule has 5 heteroatoms. The van der Waals surface area contributed by atoms with Crippen molar-refractivity contribution in [2.45, 2.75) is 20.8 Å². The van der Waals surface area contributed by atoms with Crippen LogP contribution in [0, 0.1) is 20.8 Å². The minimum atomic E-state index is 0.195. The van der Waals surface area contributed by atoms with Gasteiger partial charge in [0.25, 0.3) is 0 Å². The van der Waals surface area contributed by atoms with Gasteiger partial charge in [-0.05, 0) is 104 Å². The van der Waals surface area contributed by atoms with Gasteiger partial charge in [0.05, 0.1) is 0 Å². The summed E-state index contributed by atoms with van der Waals surface area (Å²) in [6.07, 6.45) is 0. The van der Waals surface area contributed by atoms with E-state index in [0.717, 1.165) is 33.8 Å². The lowest BCUT2D eigenvalue weighted by Crippen LogP contribution is -2.10. The molecule has 0 amide bonds. The third kappa shape index (κ3) is 4.32. The van der Waals surface area contributed by atoms with Crippen molar-refractivity contribution in [2.24, 2.45) is 0 Å². The maximum atomic E-state index is 10.0. The fourth-order valence-electron chi connectivity index (χ4n) is 3.57. The van der Waals surface area contributed by atoms with Crippen molar-refractivity contribution in [1.82, 2.24) is 0 Å². The summed E-state index contributed by atoms with van der Waals surface area (Å²) in [5.74, 6) is 1.96. The predicted octanol–water partition coefficient (Wildman–Crippen LogP) is 6.99. The summed E-state index contributed by atoms with van der Waals surface area (Å²) in [7, 11) is 0. The molecule has 162 valence electrons. The van der Waals surface area contributed by atoms with Gasteiger partial charge in [-0.15, -0.1) is 0 Å². The second-order valence-electron chi connectivity index (χ2n) is 7.83. The highest BCUT2D eigenvalue weighted by molar-refractivity contribution is 5.78. The molecule has 0 radical (unpaired) electrons. The highest BCUT2D eigenvalue weighted by Gasteiger charge is 2.16. The Balaban J connectivity index is 1.79. The van der Waals surface area contributed by atoms with Gasteiger partial charge in [0.1, 0.15) is 28.7 Å². The number of phenols is 3. The second-order valence-corrected chi connectivity index (χ2v) is 7.83. The number of nitrogens with zero attached hydrogens (tertiary/aromatic N) is 1. The Hall–Kier alpha value is -4.12. The van der Waals surface area contributed by atoms with Crippen LogP contribution in [0.25, 0.3) is 0 Å². The van der Waals surface area contributed by atoms with Crippen LogP contribution in [-0.2, 0) is 0 Å². The van der Waals surface area contributed by atoms with Crippen molar-refractivity contribution in [3.8, 4) is 28.7 Å². The number of aromatic hydroxyl groups is 3. The van der Waals surface area contributed by atoms with Gasteiger partial charge < -0.3 is 25.0 Å². The maximum absolute atomic E-state index is 10.0. The first-order valence-electron chi connectivity index (χ1n) is 10.3. The lowest BCUT2D eigenvalue weighted by atomic mass is 10.1. The molecule has 0 fully saturated rings. The van der Waals surface area contributed by atoms with Crippen LogP contribution < -0.4 is 9.64 Å². The third-order valence-electron chi connectivity index (χ3n) is 5.34. The number of ether oxygens (including phenoxy) is 1. The SMILES string of the molecule is Cc1cc(N(c2cccc(Oc3ccc(O)cc3C)c2)c2ccc(O)c(C)c2)ccc1O. The number of phenolic OH excluding ortho intramolecular Hbond substituents is 3. The number of hydrogen-bond acceptors (Lipinski definition) is 5. The number of rotatable bonds is 5. The van der Waals surface area contributed by atoms with E-state index in [0.29, 0.717) is 11.5 Å². The van der Waals surface area contributed by atoms with Crippen LogP contribution in [0.1, 0.15) is 16.7 Å². The van der Waals surface area contributed by atoms with Crippen molar-refractivity contribution in [2.75, 3.05) is 4.90 Å². The van der Waals surface area contributed by atoms with E-state index in [1.54, 1.807) is 30.3 Å². The van der Waals surface area contributed by atoms with Gasteiger partial charge in [0.2, 0.25) is 0 Å². The standard InChI is InChI=1S/C27H25NO4/c1-17-13-21(7-10-25(17)30)28(22-8-11-26(31)18(2)14-22)20-5-4-6-24(16-20)32-27-12-9-23(29)15-19(27)3/h4-16,29-31H,1-3H3. The molecule has 0 aromatic heterocycles. The van der Waals surface area contributed by atoms with E-state index in [-0.39, 0.29) is 17.2 Å². The Bertz CT molecular complexity index is 1230. The van der Waals surface area contributed by atoms with Crippen LogP contribution in [0.15, 0.2) is 78.9 Å². The highest BCUT2D eigenvalue weighted by Crippen LogP contribution is 2.39. The summed E-state index contributed by atoms with van der Waals surface area (Å²) >= 11 is 0. The van der Waals surface area contributed by atoms with Crippen molar-refractivity contribution in [3.05, 3.63) is 95.6 Å². The third-order valence-corrected chi connectivity index (χ3v) is 5.34. The molecule has 0 atom stereocenters. The summed E-state index contributed by atoms with van der Waals surface area (Å²) in [5, 5.41) is 29.7. The van der Waals surface area contributed by atoms with E-state index in [1.165, 1.54) is 0 Å². The molecule has 0 saturated heterocycles. The fraction of sp³-hybridized carbons (Fsp3) is 0.111. The van der Waals surface area contributed by atoms with E-state index in [9.17, 15) is 15.3 Å². The van der Waals surface area contributed by atoms with Crippen molar-refractivity contribution in [1.29, 1.82) is 0 Å². The van der Waals surface area contributed by atoms with Gasteiger partial charge in [0, 0.05) is 23.1 Å². The van der Waals surface area contributed by atoms with Gasteiger partial charge in [0.15, 0.2) is 0 Å². The lowest BCUT2D eigenvalue weighted by molar-refractivity contribution is 0.461. The minimum absolute atomic E-state index is 0.195. The Morgan fingerprint density at radius 2 is 1.19 bits per heavy atom. The molecule has 0 heterocycles. The van der Waals surface area contributed by atoms with E-state index < -0.39 is 0 Å². The summed E-state index contributed by atoms with van der Waals surface area (Å²) in [6, 6.07) is 23.5. The summed E-state index contributed by atoms with van der Waals surface area (Å²) in [6.45, 7) is 5.59. The summed E-state index contributed by atoms with van der Waals surface area (Å²) in [4.78, 5) is 2.04. The molecule has 0 spiro atoms. The van der Waals surface area contributed by atoms with Crippen LogP contribution in [0.4, 0.5) is 17.1 Å². The average Bonchev–Trinajstić information content (AvgIpc) is 2.76. The average molecular weight is 428 g/mol. The number of hydrogen-bond donors (Lipinski definition) is 3. The van der Waals surface area contributed by atoms with E-state index in [1.807, 2.05) is 74.2 Å². The number of anilines is 3. The molecule has 4 rings (SSSR count). The molecule has 0 aliphatic carbocycles. The molecule has 4 aromatic carbocycles. The normalized spacial score (nSPS) is 10.7. The van der Waals surface area contributed by atoms with E-state index >= 15 is 0 Å². The van der Waals surface area contributed by atoms with Gasteiger partial charge in [-0.25, -0.2) is 0 Å². The first kappa shape index (κ1) is 21.1. The first-order valence-corrected chi connectivity index (χ1v) is 10.3. The fourth-order valence-corrected chi connectivity index (χ4v) is 3.57. The molecule has 4 aromatic rings. The Morgan fingerprint density at radius 3 is 1.75 bits per heavy atom. The molecule has 3 N–H and O–H groups in total. The summed E-state index contributed by atoms with van der Waals surface area (Å²) < 4.78 is 6.09. The van der Waals surface area contributed by atoms with E-state index in [4.69, 9.17) is 4.74 Å². The smallest absolute Gasteiger partial charge is 0.130 e. The summed E-state index contributed by atoms with van der Waals surface area (Å²) in [5.41, 5.74) is 4.93. The molecular formula is C27H25NO4. The quantitative estimate of drug-likeness (QED) is 0.320. The monoisotopic (exact) mass is 427 g/mol. The van der Waals surface area contributed by atoms with Crippen LogP contribution >= 0.6 is 0 Å². The van der Waals surface area contributed by atoms with Crippen molar-refractivity contribution < 1.29 is 20.1 Å². The molecule has 0 bridgehead atoms. The largest absolute Gasteiger partial charge is 0.508 e. The van der Waals surface area contributed by atoms with Gasteiger partial charge in [-0.1, -0.05) is 6.07 Å². The van der Waals surface area contributed by atoms with Crippen molar-refractivity contribution in [3.63, 3.8) is 0 Å². The van der Waals surface area contributed by atoms with Gasteiger partial charge in [-0.3, -0.25) is 0 Å². The molecule has 0 aliphatic heterocycles. The minimum Gasteiger partial charge on any atom is -0.508 e. The zero-order chi connectivity index (χ0) is 22.8. The molecule has 0 aliphatic rings. The van der Waals surface area contributed by atoms with Crippen LogP contribution in [0.5, 0.6) is 28.7 Å². The topological polar surface area (TPSA) is 73.2 Å². The lowest BCUT2D eigenvalue weighted by Gasteiger charge is -2.27. The molecule has 5 nitrogen and oxygen atoms in total. The molecule has 0 unspecified atom stereocenters. The Morgan fingerprint density at radius 1 is 0.594 bits per heavy atom. The number of aryl methyl sites for hydroxylation is 3. The molecule has 0 saturated carbocycles. The molecule has 32 heavy (non-hydrogen) atoms. The van der Waals surface area contributed by atoms with Crippen molar-refractivity contribution >= 4 is 17.1 Å². The Labute approximate surface area is 187 Å². The zero-order valence-corrected chi connectivity index (χ0v) is 18.2. The van der Waals surface area contributed by atoms with Gasteiger partial charge in [-0.2, -0.15) is 0 Å². The second kappa shape index (κ2) is 8.55.